The van der Waals surface area contributed by atoms with Gasteiger partial charge in [-0.2, -0.15) is 0 Å². The molecule has 0 heterocycles. The van der Waals surface area contributed by atoms with Crippen LogP contribution in [0.5, 0.6) is 0 Å². The van der Waals surface area contributed by atoms with Crippen molar-refractivity contribution < 1.29 is 14.3 Å². The topological polar surface area (TPSA) is 47.6 Å². The number of carbonyl (C=O) groups is 1. The van der Waals surface area contributed by atoms with E-state index in [4.69, 9.17) is 9.47 Å². The molecular weight excluding hydrogens is 322 g/mol. The third-order valence-electron chi connectivity index (χ3n) is 3.21. The lowest BCUT2D eigenvalue weighted by Crippen LogP contribution is -2.49. The normalized spacial score (nSPS) is 14.5. The summed E-state index contributed by atoms with van der Waals surface area (Å²) in [5.41, 5.74) is -0.462. The number of hydrogen-bond acceptors (Lipinski definition) is 4. The van der Waals surface area contributed by atoms with Gasteiger partial charge in [-0.1, -0.05) is 22.0 Å². The Bertz CT molecular complexity index is 476. The minimum atomic E-state index is -0.866. The molecule has 0 aromatic heterocycles. The maximum Gasteiger partial charge on any atom is 0.331 e. The summed E-state index contributed by atoms with van der Waals surface area (Å²) in [6.07, 6.45) is 0.482. The lowest BCUT2D eigenvalue weighted by Gasteiger charge is -2.36. The highest BCUT2D eigenvalue weighted by atomic mass is 79.9. The fourth-order valence-corrected chi connectivity index (χ4v) is 2.60. The largest absolute Gasteiger partial charge is 0.467 e. The predicted molar refractivity (Wildman–Crippen MR) is 83.9 cm³/mol. The predicted octanol–water partition coefficient (Wildman–Crippen LogP) is 3.61. The van der Waals surface area contributed by atoms with Gasteiger partial charge in [0.25, 0.3) is 0 Å². The quantitative estimate of drug-likeness (QED) is 0.801. The Morgan fingerprint density at radius 2 is 1.95 bits per heavy atom. The monoisotopic (exact) mass is 343 g/mol. The molecule has 0 radical (unpaired) electrons. The molecule has 0 aliphatic heterocycles. The van der Waals surface area contributed by atoms with Gasteiger partial charge in [0.2, 0.25) is 0 Å². The van der Waals surface area contributed by atoms with E-state index in [2.05, 4.69) is 21.2 Å². The van der Waals surface area contributed by atoms with E-state index in [1.54, 1.807) is 7.11 Å². The Hall–Kier alpha value is -1.07. The molecule has 0 aliphatic carbocycles. The van der Waals surface area contributed by atoms with E-state index in [9.17, 15) is 4.79 Å². The maximum absolute atomic E-state index is 12.2. The zero-order valence-corrected chi connectivity index (χ0v) is 14.2. The van der Waals surface area contributed by atoms with Gasteiger partial charge in [-0.25, -0.2) is 4.79 Å². The van der Waals surface area contributed by atoms with Gasteiger partial charge >= 0.3 is 5.97 Å². The van der Waals surface area contributed by atoms with Gasteiger partial charge in [-0.15, -0.1) is 0 Å². The summed E-state index contributed by atoms with van der Waals surface area (Å²) in [6.45, 7) is 5.70. The van der Waals surface area contributed by atoms with E-state index < -0.39 is 11.1 Å². The molecule has 1 atom stereocenters. The van der Waals surface area contributed by atoms with Gasteiger partial charge in [0.05, 0.1) is 12.7 Å². The first-order valence-electron chi connectivity index (χ1n) is 6.40. The summed E-state index contributed by atoms with van der Waals surface area (Å²) in [7, 11) is 3.03. The molecule has 1 aromatic rings. The number of anilines is 1. The molecule has 0 spiro atoms. The number of nitrogens with one attached hydrogen (secondary N) is 1. The highest BCUT2D eigenvalue weighted by molar-refractivity contribution is 9.10. The molecule has 112 valence electrons. The van der Waals surface area contributed by atoms with Crippen molar-refractivity contribution in [2.75, 3.05) is 19.5 Å². The Morgan fingerprint density at radius 3 is 2.45 bits per heavy atom. The van der Waals surface area contributed by atoms with Crippen molar-refractivity contribution in [1.29, 1.82) is 0 Å². The average molecular weight is 344 g/mol. The van der Waals surface area contributed by atoms with Crippen molar-refractivity contribution in [1.82, 2.24) is 0 Å². The van der Waals surface area contributed by atoms with E-state index in [1.807, 2.05) is 45.0 Å². The number of esters is 1. The third kappa shape index (κ3) is 4.49. The van der Waals surface area contributed by atoms with E-state index in [1.165, 1.54) is 7.11 Å². The van der Waals surface area contributed by atoms with Crippen molar-refractivity contribution in [3.63, 3.8) is 0 Å². The third-order valence-corrected chi connectivity index (χ3v) is 3.71. The lowest BCUT2D eigenvalue weighted by atomic mass is 9.87. The minimum absolute atomic E-state index is 0.317. The van der Waals surface area contributed by atoms with Crippen LogP contribution in [0.3, 0.4) is 0 Å². The number of benzene rings is 1. The van der Waals surface area contributed by atoms with Crippen LogP contribution >= 0.6 is 15.9 Å². The zero-order valence-electron chi connectivity index (χ0n) is 12.6. The average Bonchev–Trinajstić information content (AvgIpc) is 2.37. The van der Waals surface area contributed by atoms with Crippen LogP contribution in [0.2, 0.25) is 0 Å². The van der Waals surface area contributed by atoms with E-state index in [-0.39, 0.29) is 5.97 Å². The van der Waals surface area contributed by atoms with Crippen LogP contribution in [0.1, 0.15) is 27.2 Å². The van der Waals surface area contributed by atoms with Crippen LogP contribution in [-0.2, 0) is 14.3 Å². The van der Waals surface area contributed by atoms with Gasteiger partial charge in [0, 0.05) is 23.7 Å². The summed E-state index contributed by atoms with van der Waals surface area (Å²) in [5, 5.41) is 3.25. The Morgan fingerprint density at radius 1 is 1.30 bits per heavy atom. The highest BCUT2D eigenvalue weighted by Crippen LogP contribution is 2.29. The second-order valence-corrected chi connectivity index (χ2v) is 6.52. The molecule has 1 rings (SSSR count). The second kappa shape index (κ2) is 6.59. The summed E-state index contributed by atoms with van der Waals surface area (Å²) in [4.78, 5) is 12.2. The van der Waals surface area contributed by atoms with Gasteiger partial charge in [0.15, 0.2) is 0 Å². The maximum atomic E-state index is 12.2. The molecule has 0 saturated heterocycles. The molecule has 4 nitrogen and oxygen atoms in total. The summed E-state index contributed by atoms with van der Waals surface area (Å²) in [6, 6.07) is 7.66. The van der Waals surface area contributed by atoms with Crippen molar-refractivity contribution in [3.8, 4) is 0 Å². The number of ether oxygens (including phenoxy) is 2. The molecule has 0 bridgehead atoms. The second-order valence-electron chi connectivity index (χ2n) is 5.60. The molecule has 5 heteroatoms. The van der Waals surface area contributed by atoms with E-state index in [0.29, 0.717) is 6.42 Å². The summed E-state index contributed by atoms with van der Waals surface area (Å²) < 4.78 is 11.3. The van der Waals surface area contributed by atoms with Crippen molar-refractivity contribution in [2.24, 2.45) is 0 Å². The van der Waals surface area contributed by atoms with Crippen LogP contribution in [0.4, 0.5) is 5.69 Å². The molecule has 1 N–H and O–H groups in total. The van der Waals surface area contributed by atoms with Crippen LogP contribution in [0.15, 0.2) is 28.7 Å². The Kier molecular flexibility index (Phi) is 5.59. The fourth-order valence-electron chi connectivity index (χ4n) is 2.20. The lowest BCUT2D eigenvalue weighted by molar-refractivity contribution is -0.148. The number of methoxy groups -OCH3 is 2. The Balaban J connectivity index is 3.03. The van der Waals surface area contributed by atoms with Crippen LogP contribution in [0.25, 0.3) is 0 Å². The van der Waals surface area contributed by atoms with Crippen molar-refractivity contribution in [3.05, 3.63) is 28.7 Å². The first-order chi connectivity index (χ1) is 9.22. The van der Waals surface area contributed by atoms with Gasteiger partial charge in [-0.05, 0) is 39.0 Å². The number of halogens is 1. The first-order valence-corrected chi connectivity index (χ1v) is 7.19. The van der Waals surface area contributed by atoms with Crippen molar-refractivity contribution in [2.45, 2.75) is 38.3 Å². The number of carbonyl (C=O) groups excluding carboxylic acids is 1. The molecule has 1 unspecified atom stereocenters. The minimum Gasteiger partial charge on any atom is -0.467 e. The van der Waals surface area contributed by atoms with Crippen LogP contribution < -0.4 is 5.32 Å². The highest BCUT2D eigenvalue weighted by Gasteiger charge is 2.40. The number of rotatable bonds is 6. The molecule has 0 fully saturated rings. The zero-order chi connectivity index (χ0) is 15.4. The van der Waals surface area contributed by atoms with Gasteiger partial charge in [-0.3, -0.25) is 0 Å². The smallest absolute Gasteiger partial charge is 0.331 e. The number of hydrogen-bond donors (Lipinski definition) is 1. The van der Waals surface area contributed by atoms with Crippen molar-refractivity contribution >= 4 is 27.6 Å². The van der Waals surface area contributed by atoms with Crippen LogP contribution in [0, 0.1) is 0 Å². The van der Waals surface area contributed by atoms with Gasteiger partial charge < -0.3 is 14.8 Å². The molecule has 1 aromatic carbocycles. The SMILES string of the molecule is COC(=O)C(C)(CC(C)(C)OC)Nc1cccc(Br)c1. The van der Waals surface area contributed by atoms with E-state index in [0.717, 1.165) is 10.2 Å². The molecule has 0 aliphatic rings. The molecule has 0 saturated carbocycles. The molecule has 0 amide bonds. The standard InChI is InChI=1S/C15H22BrNO3/c1-14(2,20-5)10-15(3,13(18)19-4)17-12-8-6-7-11(16)9-12/h6-9,17H,10H2,1-5H3. The summed E-state index contributed by atoms with van der Waals surface area (Å²) in [5.74, 6) is -0.317. The Labute approximate surface area is 129 Å². The molecular formula is C15H22BrNO3. The fraction of sp³-hybridized carbons (Fsp3) is 0.533. The van der Waals surface area contributed by atoms with Crippen LogP contribution in [-0.4, -0.2) is 31.3 Å². The molecule has 20 heavy (non-hydrogen) atoms. The first kappa shape index (κ1) is 17.0. The van der Waals surface area contributed by atoms with Gasteiger partial charge in [0.1, 0.15) is 5.54 Å². The summed E-state index contributed by atoms with van der Waals surface area (Å²) >= 11 is 3.42. The van der Waals surface area contributed by atoms with E-state index >= 15 is 0 Å².